The number of aryl methyl sites for hydroxylation is 3. The SMILES string of the molecule is CCCc1cc(Nc2ccccc2C)nc(Nc2ccccc2C)n1. The third-order valence-corrected chi connectivity index (χ3v) is 4.08. The van der Waals surface area contributed by atoms with Crippen LogP contribution in [0.1, 0.15) is 30.2 Å². The fraction of sp³-hybridized carbons (Fsp3) is 0.238. The number of anilines is 4. The van der Waals surface area contributed by atoms with Crippen molar-refractivity contribution in [2.24, 2.45) is 0 Å². The molecule has 3 aromatic rings. The first-order valence-electron chi connectivity index (χ1n) is 8.69. The fourth-order valence-corrected chi connectivity index (χ4v) is 2.69. The van der Waals surface area contributed by atoms with E-state index in [0.717, 1.165) is 35.7 Å². The maximum atomic E-state index is 4.66. The zero-order valence-corrected chi connectivity index (χ0v) is 15.0. The molecule has 3 rings (SSSR count). The monoisotopic (exact) mass is 332 g/mol. The molecule has 128 valence electrons. The Balaban J connectivity index is 1.92. The van der Waals surface area contributed by atoms with E-state index in [1.165, 1.54) is 11.1 Å². The molecule has 25 heavy (non-hydrogen) atoms. The molecule has 0 saturated heterocycles. The number of nitrogens with zero attached hydrogens (tertiary/aromatic N) is 2. The van der Waals surface area contributed by atoms with Gasteiger partial charge >= 0.3 is 0 Å². The Labute approximate surface area is 149 Å². The van der Waals surface area contributed by atoms with Crippen molar-refractivity contribution in [1.29, 1.82) is 0 Å². The second kappa shape index (κ2) is 7.79. The van der Waals surface area contributed by atoms with Gasteiger partial charge in [-0.2, -0.15) is 4.98 Å². The Bertz CT molecular complexity index is 792. The first kappa shape index (κ1) is 17.0. The zero-order valence-electron chi connectivity index (χ0n) is 15.0. The lowest BCUT2D eigenvalue weighted by Crippen LogP contribution is -2.05. The lowest BCUT2D eigenvalue weighted by Gasteiger charge is -2.13. The van der Waals surface area contributed by atoms with Crippen molar-refractivity contribution in [3.05, 3.63) is 71.4 Å². The van der Waals surface area contributed by atoms with Crippen LogP contribution in [-0.4, -0.2) is 9.97 Å². The highest BCUT2D eigenvalue weighted by atomic mass is 15.1. The van der Waals surface area contributed by atoms with E-state index < -0.39 is 0 Å². The van der Waals surface area contributed by atoms with Gasteiger partial charge < -0.3 is 10.6 Å². The van der Waals surface area contributed by atoms with E-state index in [2.05, 4.69) is 59.6 Å². The standard InChI is InChI=1S/C21H24N4/c1-4-9-17-14-20(23-18-12-7-5-10-15(18)2)25-21(22-17)24-19-13-8-6-11-16(19)3/h5-8,10-14H,4,9H2,1-3H3,(H2,22,23,24,25). The van der Waals surface area contributed by atoms with E-state index in [9.17, 15) is 0 Å². The quantitative estimate of drug-likeness (QED) is 0.623. The van der Waals surface area contributed by atoms with Crippen LogP contribution in [0.3, 0.4) is 0 Å². The van der Waals surface area contributed by atoms with Crippen LogP contribution in [0.15, 0.2) is 54.6 Å². The summed E-state index contributed by atoms with van der Waals surface area (Å²) in [5.74, 6) is 1.43. The lowest BCUT2D eigenvalue weighted by molar-refractivity contribution is 0.876. The predicted octanol–water partition coefficient (Wildman–Crippen LogP) is 5.53. The van der Waals surface area contributed by atoms with Gasteiger partial charge in [-0.25, -0.2) is 4.98 Å². The minimum atomic E-state index is 0.622. The second-order valence-corrected chi connectivity index (χ2v) is 6.20. The number of rotatable bonds is 6. The summed E-state index contributed by atoms with van der Waals surface area (Å²) in [6.07, 6.45) is 1.97. The van der Waals surface area contributed by atoms with E-state index in [1.54, 1.807) is 0 Å². The molecule has 0 aliphatic heterocycles. The fourth-order valence-electron chi connectivity index (χ4n) is 2.69. The molecular weight excluding hydrogens is 308 g/mol. The summed E-state index contributed by atoms with van der Waals surface area (Å²) in [7, 11) is 0. The zero-order chi connectivity index (χ0) is 17.6. The number of hydrogen-bond donors (Lipinski definition) is 2. The predicted molar refractivity (Wildman–Crippen MR) is 105 cm³/mol. The van der Waals surface area contributed by atoms with Crippen LogP contribution in [0.2, 0.25) is 0 Å². The number of para-hydroxylation sites is 2. The van der Waals surface area contributed by atoms with Crippen molar-refractivity contribution in [3.8, 4) is 0 Å². The van der Waals surface area contributed by atoms with Crippen LogP contribution in [0.5, 0.6) is 0 Å². The van der Waals surface area contributed by atoms with Gasteiger partial charge in [-0.05, 0) is 43.5 Å². The van der Waals surface area contributed by atoms with Gasteiger partial charge in [0.2, 0.25) is 5.95 Å². The smallest absolute Gasteiger partial charge is 0.229 e. The third kappa shape index (κ3) is 4.35. The summed E-state index contributed by atoms with van der Waals surface area (Å²) in [5, 5.41) is 6.77. The largest absolute Gasteiger partial charge is 0.340 e. The van der Waals surface area contributed by atoms with E-state index in [1.807, 2.05) is 36.4 Å². The molecule has 2 N–H and O–H groups in total. The molecule has 2 aromatic carbocycles. The van der Waals surface area contributed by atoms with Crippen molar-refractivity contribution in [1.82, 2.24) is 9.97 Å². The highest BCUT2D eigenvalue weighted by Gasteiger charge is 2.07. The normalized spacial score (nSPS) is 10.5. The van der Waals surface area contributed by atoms with Crippen molar-refractivity contribution in [3.63, 3.8) is 0 Å². The molecule has 0 spiro atoms. The van der Waals surface area contributed by atoms with Crippen LogP contribution in [0, 0.1) is 13.8 Å². The van der Waals surface area contributed by atoms with Crippen LogP contribution >= 0.6 is 0 Å². The summed E-state index contributed by atoms with van der Waals surface area (Å²) in [6, 6.07) is 18.4. The maximum absolute atomic E-state index is 4.66. The average molecular weight is 332 g/mol. The molecule has 0 unspecified atom stereocenters. The minimum absolute atomic E-state index is 0.622. The molecular formula is C21H24N4. The molecule has 0 bridgehead atoms. The number of hydrogen-bond acceptors (Lipinski definition) is 4. The Morgan fingerprint density at radius 3 is 2.00 bits per heavy atom. The number of benzene rings is 2. The van der Waals surface area contributed by atoms with Crippen LogP contribution in [0.25, 0.3) is 0 Å². The molecule has 0 atom stereocenters. The van der Waals surface area contributed by atoms with Crippen molar-refractivity contribution in [2.75, 3.05) is 10.6 Å². The second-order valence-electron chi connectivity index (χ2n) is 6.20. The first-order valence-corrected chi connectivity index (χ1v) is 8.69. The highest BCUT2D eigenvalue weighted by molar-refractivity contribution is 5.63. The van der Waals surface area contributed by atoms with Gasteiger partial charge in [0.15, 0.2) is 0 Å². The van der Waals surface area contributed by atoms with Gasteiger partial charge in [0.05, 0.1) is 0 Å². The first-order chi connectivity index (χ1) is 12.2. The summed E-state index contributed by atoms with van der Waals surface area (Å²) in [4.78, 5) is 9.32. The van der Waals surface area contributed by atoms with E-state index in [4.69, 9.17) is 0 Å². The highest BCUT2D eigenvalue weighted by Crippen LogP contribution is 2.23. The molecule has 0 amide bonds. The van der Waals surface area contributed by atoms with E-state index >= 15 is 0 Å². The molecule has 0 saturated carbocycles. The molecule has 0 radical (unpaired) electrons. The molecule has 0 aliphatic carbocycles. The maximum Gasteiger partial charge on any atom is 0.229 e. The third-order valence-electron chi connectivity index (χ3n) is 4.08. The van der Waals surface area contributed by atoms with Gasteiger partial charge in [0, 0.05) is 23.1 Å². The number of aromatic nitrogens is 2. The summed E-state index contributed by atoms with van der Waals surface area (Å²) >= 11 is 0. The van der Waals surface area contributed by atoms with Crippen LogP contribution in [0.4, 0.5) is 23.1 Å². The van der Waals surface area contributed by atoms with Crippen molar-refractivity contribution in [2.45, 2.75) is 33.6 Å². The van der Waals surface area contributed by atoms with Gasteiger partial charge in [-0.1, -0.05) is 49.7 Å². The average Bonchev–Trinajstić information content (AvgIpc) is 2.59. The Hall–Kier alpha value is -2.88. The van der Waals surface area contributed by atoms with Crippen LogP contribution in [-0.2, 0) is 6.42 Å². The molecule has 1 heterocycles. The topological polar surface area (TPSA) is 49.8 Å². The summed E-state index contributed by atoms with van der Waals surface area (Å²) < 4.78 is 0. The minimum Gasteiger partial charge on any atom is -0.340 e. The molecule has 1 aromatic heterocycles. The van der Waals surface area contributed by atoms with Gasteiger partial charge in [0.25, 0.3) is 0 Å². The van der Waals surface area contributed by atoms with E-state index in [-0.39, 0.29) is 0 Å². The summed E-state index contributed by atoms with van der Waals surface area (Å²) in [6.45, 7) is 6.32. The summed E-state index contributed by atoms with van der Waals surface area (Å²) in [5.41, 5.74) is 5.47. The Kier molecular flexibility index (Phi) is 5.29. The van der Waals surface area contributed by atoms with Gasteiger partial charge in [-0.3, -0.25) is 0 Å². The van der Waals surface area contributed by atoms with Crippen molar-refractivity contribution < 1.29 is 0 Å². The van der Waals surface area contributed by atoms with E-state index in [0.29, 0.717) is 5.95 Å². The molecule has 4 nitrogen and oxygen atoms in total. The Morgan fingerprint density at radius 2 is 1.40 bits per heavy atom. The molecule has 0 aliphatic rings. The van der Waals surface area contributed by atoms with Crippen LogP contribution < -0.4 is 10.6 Å². The van der Waals surface area contributed by atoms with Crippen molar-refractivity contribution >= 4 is 23.1 Å². The van der Waals surface area contributed by atoms with Gasteiger partial charge in [-0.15, -0.1) is 0 Å². The molecule has 4 heteroatoms. The van der Waals surface area contributed by atoms with Gasteiger partial charge in [0.1, 0.15) is 5.82 Å². The Morgan fingerprint density at radius 1 is 0.800 bits per heavy atom. The molecule has 0 fully saturated rings. The number of nitrogens with one attached hydrogen (secondary N) is 2. The lowest BCUT2D eigenvalue weighted by atomic mass is 10.2.